The van der Waals surface area contributed by atoms with E-state index in [1.807, 2.05) is 0 Å². The molecule has 0 spiro atoms. The van der Waals surface area contributed by atoms with Gasteiger partial charge in [-0.2, -0.15) is 0 Å². The van der Waals surface area contributed by atoms with E-state index in [-0.39, 0.29) is 0 Å². The van der Waals surface area contributed by atoms with Crippen LogP contribution in [0.25, 0.3) is 0 Å². The maximum absolute atomic E-state index is 6.39. The molecule has 0 aromatic heterocycles. The lowest BCUT2D eigenvalue weighted by Crippen LogP contribution is -2.34. The molecule has 2 rings (SSSR count). The molecule has 4 nitrogen and oxygen atoms in total. The summed E-state index contributed by atoms with van der Waals surface area (Å²) >= 11 is 1.78. The van der Waals surface area contributed by atoms with Gasteiger partial charge in [-0.05, 0) is 75.7 Å². The van der Waals surface area contributed by atoms with Gasteiger partial charge in [-0.1, -0.05) is 51.0 Å². The Bertz CT molecular complexity index is 881. The maximum Gasteiger partial charge on any atom is 0.242 e. The first-order valence-corrected chi connectivity index (χ1v) is 26.3. The van der Waals surface area contributed by atoms with E-state index in [9.17, 15) is 0 Å². The van der Waals surface area contributed by atoms with E-state index >= 15 is 0 Å². The molecular formula is C24H44N2O2SSi4. The van der Waals surface area contributed by atoms with Gasteiger partial charge in [0, 0.05) is 9.79 Å². The molecule has 184 valence electrons. The van der Waals surface area contributed by atoms with Crippen LogP contribution in [-0.4, -0.2) is 33.1 Å². The van der Waals surface area contributed by atoms with Crippen molar-refractivity contribution in [1.29, 1.82) is 0 Å². The molecule has 0 heterocycles. The highest BCUT2D eigenvalue weighted by atomic mass is 32.2. The lowest BCUT2D eigenvalue weighted by Gasteiger charge is -2.27. The van der Waals surface area contributed by atoms with Crippen LogP contribution in [0.5, 0.6) is 11.5 Å². The van der Waals surface area contributed by atoms with Gasteiger partial charge in [0.2, 0.25) is 16.6 Å². The summed E-state index contributed by atoms with van der Waals surface area (Å²) in [5.41, 5.74) is 2.22. The van der Waals surface area contributed by atoms with Crippen LogP contribution in [0.15, 0.2) is 46.2 Å². The average molecular weight is 537 g/mol. The van der Waals surface area contributed by atoms with Gasteiger partial charge in [0.15, 0.2) is 0 Å². The standard InChI is InChI=1S/C24H44N2O2SSi4/c1-30(2,3)25-21-17-19(13-15-23(21)27-32(7,8)9)29-20-14-16-24(28-33(10,11)12)22(18-20)26-31(4,5)6/h13-18,25-26H,1-12H3. The molecule has 0 aliphatic rings. The number of hydrogen-bond acceptors (Lipinski definition) is 5. The van der Waals surface area contributed by atoms with E-state index in [0.717, 1.165) is 22.9 Å². The van der Waals surface area contributed by atoms with Crippen LogP contribution in [0.1, 0.15) is 0 Å². The Labute approximate surface area is 210 Å². The van der Waals surface area contributed by atoms with Crippen molar-refractivity contribution in [1.82, 2.24) is 0 Å². The molecule has 2 N–H and O–H groups in total. The second kappa shape index (κ2) is 10.2. The van der Waals surface area contributed by atoms with Crippen molar-refractivity contribution >= 4 is 56.2 Å². The molecule has 0 unspecified atom stereocenters. The minimum Gasteiger partial charge on any atom is -0.543 e. The number of nitrogens with one attached hydrogen (secondary N) is 2. The Morgan fingerprint density at radius 3 is 1.15 bits per heavy atom. The van der Waals surface area contributed by atoms with Crippen molar-refractivity contribution in [3.63, 3.8) is 0 Å². The normalized spacial score (nSPS) is 13.0. The maximum atomic E-state index is 6.39. The predicted molar refractivity (Wildman–Crippen MR) is 159 cm³/mol. The average Bonchev–Trinajstić information content (AvgIpc) is 2.54. The Balaban J connectivity index is 2.40. The molecule has 0 saturated heterocycles. The van der Waals surface area contributed by atoms with Crippen LogP contribution >= 0.6 is 11.8 Å². The summed E-state index contributed by atoms with van der Waals surface area (Å²) in [6.45, 7) is 27.3. The third-order valence-electron chi connectivity index (χ3n) is 3.99. The van der Waals surface area contributed by atoms with Crippen LogP contribution in [0, 0.1) is 0 Å². The van der Waals surface area contributed by atoms with Gasteiger partial charge >= 0.3 is 0 Å². The molecule has 9 heteroatoms. The minimum absolute atomic E-state index is 0.973. The van der Waals surface area contributed by atoms with Crippen molar-refractivity contribution in [2.75, 3.05) is 9.96 Å². The van der Waals surface area contributed by atoms with Gasteiger partial charge in [0.25, 0.3) is 0 Å². The van der Waals surface area contributed by atoms with Crippen molar-refractivity contribution in [2.45, 2.75) is 88.4 Å². The second-order valence-corrected chi connectivity index (χ2v) is 32.1. The summed E-state index contributed by atoms with van der Waals surface area (Å²) in [5.74, 6) is 1.95. The molecule has 33 heavy (non-hydrogen) atoms. The third kappa shape index (κ3) is 10.8. The zero-order valence-electron chi connectivity index (χ0n) is 22.7. The van der Waals surface area contributed by atoms with Crippen molar-refractivity contribution < 1.29 is 8.85 Å². The summed E-state index contributed by atoms with van der Waals surface area (Å²) in [6.07, 6.45) is 0. The molecule has 0 radical (unpaired) electrons. The predicted octanol–water partition coefficient (Wildman–Crippen LogP) is 8.76. The van der Waals surface area contributed by atoms with Gasteiger partial charge < -0.3 is 18.8 Å². The molecule has 0 amide bonds. The molecule has 0 bridgehead atoms. The molecule has 0 fully saturated rings. The molecular weight excluding hydrogens is 493 g/mol. The number of hydrogen-bond donors (Lipinski definition) is 2. The largest absolute Gasteiger partial charge is 0.543 e. The fraction of sp³-hybridized carbons (Fsp3) is 0.500. The third-order valence-corrected chi connectivity index (χ3v) is 8.67. The van der Waals surface area contributed by atoms with Gasteiger partial charge in [0.1, 0.15) is 28.0 Å². The van der Waals surface area contributed by atoms with E-state index in [0.29, 0.717) is 0 Å². The zero-order valence-corrected chi connectivity index (χ0v) is 27.5. The van der Waals surface area contributed by atoms with Crippen molar-refractivity contribution in [3.05, 3.63) is 36.4 Å². The second-order valence-electron chi connectivity index (χ2n) is 12.6. The number of benzene rings is 2. The molecule has 0 aliphatic carbocycles. The van der Waals surface area contributed by atoms with E-state index < -0.39 is 33.1 Å². The smallest absolute Gasteiger partial charge is 0.242 e. The molecule has 2 aromatic carbocycles. The van der Waals surface area contributed by atoms with E-state index in [1.54, 1.807) is 11.8 Å². The summed E-state index contributed by atoms with van der Waals surface area (Å²) in [6, 6.07) is 13.1. The lowest BCUT2D eigenvalue weighted by atomic mass is 10.3. The minimum atomic E-state index is -1.70. The fourth-order valence-corrected chi connectivity index (χ4v) is 7.70. The molecule has 0 saturated carbocycles. The number of rotatable bonds is 10. The Kier molecular flexibility index (Phi) is 8.71. The van der Waals surface area contributed by atoms with Crippen LogP contribution in [-0.2, 0) is 0 Å². The fourth-order valence-electron chi connectivity index (χ4n) is 3.12. The SMILES string of the molecule is C[Si](C)(C)Nc1cc(Sc2ccc(O[Si](C)(C)C)c(N[Si](C)(C)C)c2)ccc1O[Si](C)(C)C. The number of anilines is 2. The van der Waals surface area contributed by atoms with Crippen LogP contribution in [0.2, 0.25) is 78.6 Å². The molecule has 0 aliphatic heterocycles. The van der Waals surface area contributed by atoms with Crippen LogP contribution in [0.3, 0.4) is 0 Å². The first kappa shape index (κ1) is 28.1. The van der Waals surface area contributed by atoms with Gasteiger partial charge in [0.05, 0.1) is 11.4 Å². The monoisotopic (exact) mass is 536 g/mol. The van der Waals surface area contributed by atoms with Crippen LogP contribution < -0.4 is 18.8 Å². The molecule has 2 aromatic rings. The summed E-state index contributed by atoms with van der Waals surface area (Å²) in [4.78, 5) is 9.96. The van der Waals surface area contributed by atoms with Gasteiger partial charge in [-0.3, -0.25) is 0 Å². The van der Waals surface area contributed by atoms with Gasteiger partial charge in [-0.15, -0.1) is 0 Å². The highest BCUT2D eigenvalue weighted by Gasteiger charge is 2.23. The summed E-state index contributed by atoms with van der Waals surface area (Å²) in [5, 5.41) is 0. The summed E-state index contributed by atoms with van der Waals surface area (Å²) < 4.78 is 12.8. The quantitative estimate of drug-likeness (QED) is 0.297. The van der Waals surface area contributed by atoms with Gasteiger partial charge in [-0.25, -0.2) is 0 Å². The highest BCUT2D eigenvalue weighted by Crippen LogP contribution is 2.39. The van der Waals surface area contributed by atoms with Crippen molar-refractivity contribution in [3.8, 4) is 11.5 Å². The Morgan fingerprint density at radius 2 is 0.879 bits per heavy atom. The Morgan fingerprint density at radius 1 is 0.545 bits per heavy atom. The zero-order chi connectivity index (χ0) is 25.2. The first-order valence-electron chi connectivity index (χ1n) is 11.7. The van der Waals surface area contributed by atoms with Crippen LogP contribution in [0.4, 0.5) is 11.4 Å². The summed E-state index contributed by atoms with van der Waals surface area (Å²) in [7, 11) is -6.45. The topological polar surface area (TPSA) is 42.5 Å². The first-order chi connectivity index (χ1) is 14.8. The van der Waals surface area contributed by atoms with E-state index in [1.165, 1.54) is 9.79 Å². The Hall–Kier alpha value is -1.14. The van der Waals surface area contributed by atoms with Crippen molar-refractivity contribution in [2.24, 2.45) is 0 Å². The molecule has 0 atom stereocenters. The highest BCUT2D eigenvalue weighted by molar-refractivity contribution is 7.99. The van der Waals surface area contributed by atoms with E-state index in [2.05, 4.69) is 125 Å². The van der Waals surface area contributed by atoms with E-state index in [4.69, 9.17) is 8.85 Å². The lowest BCUT2D eigenvalue weighted by molar-refractivity contribution is 0.559.